The van der Waals surface area contributed by atoms with Crippen LogP contribution in [0.5, 0.6) is 5.75 Å². The van der Waals surface area contributed by atoms with E-state index in [0.717, 1.165) is 0 Å². The van der Waals surface area contributed by atoms with E-state index >= 15 is 0 Å². The number of benzene rings is 2. The highest BCUT2D eigenvalue weighted by Gasteiger charge is 2.22. The van der Waals surface area contributed by atoms with E-state index in [1.165, 1.54) is 0 Å². The second kappa shape index (κ2) is 7.03. The Balaban J connectivity index is 2.18. The van der Waals surface area contributed by atoms with E-state index in [4.69, 9.17) is 39.5 Å². The summed E-state index contributed by atoms with van der Waals surface area (Å²) in [4.78, 5) is 11.3. The molecule has 0 aliphatic heterocycles. The smallest absolute Gasteiger partial charge is 0.345 e. The van der Waals surface area contributed by atoms with E-state index in [2.05, 4.69) is 0 Å². The molecule has 0 aliphatic rings. The number of carboxylic acids is 1. The molecular formula is C15H11Cl3O3. The van der Waals surface area contributed by atoms with Crippen molar-refractivity contribution in [1.29, 1.82) is 0 Å². The first kappa shape index (κ1) is 16.0. The molecule has 0 unspecified atom stereocenters. The first-order valence-electron chi connectivity index (χ1n) is 6.05. The largest absolute Gasteiger partial charge is 0.478 e. The standard InChI is InChI=1S/C15H11Cl3O3/c16-10-4-6-11(7-5-10)21-13(15(19)20)8-9-2-1-3-12(17)14(9)18/h1-7,13H,8H2,(H,19,20)/t13-/m1/s1. The van der Waals surface area contributed by atoms with Gasteiger partial charge in [0.2, 0.25) is 0 Å². The summed E-state index contributed by atoms with van der Waals surface area (Å²) in [7, 11) is 0. The Kier molecular flexibility index (Phi) is 5.34. The Morgan fingerprint density at radius 2 is 1.76 bits per heavy atom. The van der Waals surface area contributed by atoms with Crippen LogP contribution in [0.1, 0.15) is 5.56 Å². The van der Waals surface area contributed by atoms with Crippen molar-refractivity contribution in [3.63, 3.8) is 0 Å². The Morgan fingerprint density at radius 1 is 1.10 bits per heavy atom. The lowest BCUT2D eigenvalue weighted by Gasteiger charge is -2.16. The third-order valence-electron chi connectivity index (χ3n) is 2.80. The van der Waals surface area contributed by atoms with Gasteiger partial charge in [-0.3, -0.25) is 0 Å². The van der Waals surface area contributed by atoms with Crippen molar-refractivity contribution in [3.05, 3.63) is 63.1 Å². The molecule has 0 fully saturated rings. The first-order valence-corrected chi connectivity index (χ1v) is 7.18. The van der Waals surface area contributed by atoms with Crippen molar-refractivity contribution in [2.24, 2.45) is 0 Å². The Bertz CT molecular complexity index is 641. The van der Waals surface area contributed by atoms with Gasteiger partial charge in [0, 0.05) is 11.4 Å². The van der Waals surface area contributed by atoms with Gasteiger partial charge in [0.15, 0.2) is 6.10 Å². The van der Waals surface area contributed by atoms with Crippen LogP contribution < -0.4 is 4.74 Å². The maximum atomic E-state index is 11.3. The van der Waals surface area contributed by atoms with E-state index in [9.17, 15) is 9.90 Å². The maximum Gasteiger partial charge on any atom is 0.345 e. The fourth-order valence-corrected chi connectivity index (χ4v) is 2.29. The summed E-state index contributed by atoms with van der Waals surface area (Å²) < 4.78 is 5.47. The quantitative estimate of drug-likeness (QED) is 0.852. The predicted octanol–water partition coefficient (Wildman–Crippen LogP) is 4.72. The van der Waals surface area contributed by atoms with Crippen molar-refractivity contribution in [3.8, 4) is 5.75 Å². The number of carbonyl (C=O) groups is 1. The highest BCUT2D eigenvalue weighted by molar-refractivity contribution is 6.42. The topological polar surface area (TPSA) is 46.5 Å². The van der Waals surface area contributed by atoms with Gasteiger partial charge in [-0.2, -0.15) is 0 Å². The lowest BCUT2D eigenvalue weighted by Crippen LogP contribution is -2.29. The number of ether oxygens (including phenoxy) is 1. The highest BCUT2D eigenvalue weighted by Crippen LogP contribution is 2.27. The van der Waals surface area contributed by atoms with E-state index in [-0.39, 0.29) is 6.42 Å². The molecule has 110 valence electrons. The molecule has 3 nitrogen and oxygen atoms in total. The summed E-state index contributed by atoms with van der Waals surface area (Å²) in [6.07, 6.45) is -0.959. The van der Waals surface area contributed by atoms with Crippen LogP contribution in [0, 0.1) is 0 Å². The zero-order valence-corrected chi connectivity index (χ0v) is 13.0. The second-order valence-electron chi connectivity index (χ2n) is 4.32. The summed E-state index contributed by atoms with van der Waals surface area (Å²) >= 11 is 17.8. The summed E-state index contributed by atoms with van der Waals surface area (Å²) in [5.74, 6) is -0.661. The second-order valence-corrected chi connectivity index (χ2v) is 5.54. The van der Waals surface area contributed by atoms with Gasteiger partial charge in [-0.1, -0.05) is 46.9 Å². The summed E-state index contributed by atoms with van der Waals surface area (Å²) in [5, 5.41) is 10.5. The van der Waals surface area contributed by atoms with E-state index in [1.54, 1.807) is 42.5 Å². The van der Waals surface area contributed by atoms with Crippen molar-refractivity contribution in [2.45, 2.75) is 12.5 Å². The number of rotatable bonds is 5. The average molecular weight is 346 g/mol. The van der Waals surface area contributed by atoms with Gasteiger partial charge in [-0.05, 0) is 35.9 Å². The summed E-state index contributed by atoms with van der Waals surface area (Å²) in [6, 6.07) is 11.5. The number of carboxylic acid groups (broad SMARTS) is 1. The molecule has 0 amide bonds. The molecule has 1 N–H and O–H groups in total. The summed E-state index contributed by atoms with van der Waals surface area (Å²) in [6.45, 7) is 0. The minimum atomic E-state index is -1.08. The first-order chi connectivity index (χ1) is 9.97. The third kappa shape index (κ3) is 4.27. The van der Waals surface area contributed by atoms with E-state index in [1.807, 2.05) is 0 Å². The zero-order chi connectivity index (χ0) is 15.4. The number of hydrogen-bond donors (Lipinski definition) is 1. The molecule has 0 spiro atoms. The molecule has 2 aromatic carbocycles. The monoisotopic (exact) mass is 344 g/mol. The van der Waals surface area contributed by atoms with E-state index < -0.39 is 12.1 Å². The van der Waals surface area contributed by atoms with Crippen LogP contribution in [0.3, 0.4) is 0 Å². The van der Waals surface area contributed by atoms with Gasteiger partial charge < -0.3 is 9.84 Å². The van der Waals surface area contributed by atoms with Crippen LogP contribution in [0.4, 0.5) is 0 Å². The maximum absolute atomic E-state index is 11.3. The van der Waals surface area contributed by atoms with Crippen molar-refractivity contribution in [1.82, 2.24) is 0 Å². The van der Waals surface area contributed by atoms with Crippen LogP contribution in [0.2, 0.25) is 15.1 Å². The Hall–Kier alpha value is -1.42. The minimum Gasteiger partial charge on any atom is -0.478 e. The molecule has 1 atom stereocenters. The van der Waals surface area contributed by atoms with Gasteiger partial charge in [0.25, 0.3) is 0 Å². The molecule has 0 heterocycles. The Morgan fingerprint density at radius 3 is 2.38 bits per heavy atom. The molecule has 21 heavy (non-hydrogen) atoms. The molecule has 0 saturated carbocycles. The molecule has 0 radical (unpaired) electrons. The zero-order valence-electron chi connectivity index (χ0n) is 10.7. The van der Waals surface area contributed by atoms with Gasteiger partial charge in [-0.25, -0.2) is 4.79 Å². The fraction of sp³-hybridized carbons (Fsp3) is 0.133. The predicted molar refractivity (Wildman–Crippen MR) is 83.7 cm³/mol. The van der Waals surface area contributed by atoms with Crippen molar-refractivity contribution < 1.29 is 14.6 Å². The van der Waals surface area contributed by atoms with Crippen LogP contribution in [-0.4, -0.2) is 17.2 Å². The van der Waals surface area contributed by atoms with E-state index in [0.29, 0.717) is 26.4 Å². The number of aliphatic carboxylic acids is 1. The number of halogens is 3. The lowest BCUT2D eigenvalue weighted by molar-refractivity contribution is -0.145. The van der Waals surface area contributed by atoms with Crippen molar-refractivity contribution in [2.75, 3.05) is 0 Å². The van der Waals surface area contributed by atoms with Crippen molar-refractivity contribution >= 4 is 40.8 Å². The number of hydrogen-bond acceptors (Lipinski definition) is 2. The molecule has 0 aromatic heterocycles. The van der Waals surface area contributed by atoms with Crippen LogP contribution in [0.15, 0.2) is 42.5 Å². The normalized spacial score (nSPS) is 12.0. The average Bonchev–Trinajstić information content (AvgIpc) is 2.45. The highest BCUT2D eigenvalue weighted by atomic mass is 35.5. The van der Waals surface area contributed by atoms with Crippen LogP contribution >= 0.6 is 34.8 Å². The molecule has 2 aromatic rings. The van der Waals surface area contributed by atoms with Crippen LogP contribution in [-0.2, 0) is 11.2 Å². The summed E-state index contributed by atoms with van der Waals surface area (Å²) in [5.41, 5.74) is 0.616. The SMILES string of the molecule is O=C(O)[C@@H](Cc1cccc(Cl)c1Cl)Oc1ccc(Cl)cc1. The van der Waals surface area contributed by atoms with Gasteiger partial charge in [0.05, 0.1) is 10.0 Å². The van der Waals surface area contributed by atoms with Gasteiger partial charge in [-0.15, -0.1) is 0 Å². The Labute approximate surface area is 137 Å². The van der Waals surface area contributed by atoms with Gasteiger partial charge in [0.1, 0.15) is 5.75 Å². The minimum absolute atomic E-state index is 0.108. The van der Waals surface area contributed by atoms with Gasteiger partial charge >= 0.3 is 5.97 Å². The molecule has 0 aliphatic carbocycles. The lowest BCUT2D eigenvalue weighted by atomic mass is 10.1. The molecule has 0 bridgehead atoms. The third-order valence-corrected chi connectivity index (χ3v) is 3.91. The molecule has 6 heteroatoms. The molecular weight excluding hydrogens is 335 g/mol. The molecule has 2 rings (SSSR count). The molecule has 0 saturated heterocycles. The van der Waals surface area contributed by atoms with Crippen LogP contribution in [0.25, 0.3) is 0 Å². The fourth-order valence-electron chi connectivity index (χ4n) is 1.76.